The molecule has 0 radical (unpaired) electrons. The number of amides is 2. The molecule has 0 atom stereocenters. The standard InChI is InChI=1S/C10H19N3O2/c11-5-3-4-9(14)12-8-10(15)13-6-1-2-7-13/h1-8,11H2,(H,12,14). The minimum atomic E-state index is -0.0898. The Morgan fingerprint density at radius 3 is 2.53 bits per heavy atom. The van der Waals surface area contributed by atoms with E-state index in [2.05, 4.69) is 5.32 Å². The van der Waals surface area contributed by atoms with Crippen LogP contribution in [-0.2, 0) is 9.59 Å². The molecule has 0 saturated carbocycles. The Kier molecular flexibility index (Phi) is 5.10. The van der Waals surface area contributed by atoms with E-state index in [0.29, 0.717) is 19.4 Å². The summed E-state index contributed by atoms with van der Waals surface area (Å²) in [5.74, 6) is -0.0680. The predicted octanol–water partition coefficient (Wildman–Crippen LogP) is -0.536. The summed E-state index contributed by atoms with van der Waals surface area (Å²) in [5.41, 5.74) is 5.28. The smallest absolute Gasteiger partial charge is 0.241 e. The molecule has 0 bridgehead atoms. The van der Waals surface area contributed by atoms with Gasteiger partial charge in [-0.05, 0) is 25.8 Å². The van der Waals surface area contributed by atoms with E-state index < -0.39 is 0 Å². The Hall–Kier alpha value is -1.10. The van der Waals surface area contributed by atoms with Gasteiger partial charge in [0.15, 0.2) is 0 Å². The molecule has 15 heavy (non-hydrogen) atoms. The van der Waals surface area contributed by atoms with E-state index in [-0.39, 0.29) is 18.4 Å². The van der Waals surface area contributed by atoms with E-state index in [4.69, 9.17) is 5.73 Å². The Morgan fingerprint density at radius 1 is 1.27 bits per heavy atom. The number of hydrogen-bond acceptors (Lipinski definition) is 3. The van der Waals surface area contributed by atoms with Crippen molar-refractivity contribution in [1.82, 2.24) is 10.2 Å². The molecule has 5 nitrogen and oxygen atoms in total. The van der Waals surface area contributed by atoms with Gasteiger partial charge in [-0.15, -0.1) is 0 Å². The van der Waals surface area contributed by atoms with Crippen molar-refractivity contribution < 1.29 is 9.59 Å². The van der Waals surface area contributed by atoms with Crippen LogP contribution >= 0.6 is 0 Å². The van der Waals surface area contributed by atoms with E-state index in [1.807, 2.05) is 0 Å². The third-order valence-corrected chi connectivity index (χ3v) is 2.50. The van der Waals surface area contributed by atoms with Gasteiger partial charge in [-0.25, -0.2) is 0 Å². The second-order valence-electron chi connectivity index (χ2n) is 3.76. The van der Waals surface area contributed by atoms with Crippen LogP contribution in [0.1, 0.15) is 25.7 Å². The summed E-state index contributed by atoms with van der Waals surface area (Å²) in [5, 5.41) is 2.61. The summed E-state index contributed by atoms with van der Waals surface area (Å²) in [6.07, 6.45) is 3.23. The highest BCUT2D eigenvalue weighted by Gasteiger charge is 2.17. The Balaban J connectivity index is 2.12. The topological polar surface area (TPSA) is 75.4 Å². The minimum absolute atomic E-state index is 0.0219. The number of nitrogens with one attached hydrogen (secondary N) is 1. The predicted molar refractivity (Wildman–Crippen MR) is 57.1 cm³/mol. The van der Waals surface area contributed by atoms with E-state index >= 15 is 0 Å². The van der Waals surface area contributed by atoms with Crippen molar-refractivity contribution in [3.05, 3.63) is 0 Å². The van der Waals surface area contributed by atoms with Gasteiger partial charge in [-0.1, -0.05) is 0 Å². The molecule has 0 unspecified atom stereocenters. The first kappa shape index (κ1) is 12.0. The average molecular weight is 213 g/mol. The normalized spacial score (nSPS) is 15.4. The summed E-state index contributed by atoms with van der Waals surface area (Å²) in [6.45, 7) is 2.30. The lowest BCUT2D eigenvalue weighted by atomic mass is 10.3. The number of nitrogens with two attached hydrogens (primary N) is 1. The van der Waals surface area contributed by atoms with Gasteiger partial charge in [0.05, 0.1) is 6.54 Å². The lowest BCUT2D eigenvalue weighted by molar-refractivity contribution is -0.132. The van der Waals surface area contributed by atoms with Crippen LogP contribution in [0.25, 0.3) is 0 Å². The zero-order chi connectivity index (χ0) is 11.1. The van der Waals surface area contributed by atoms with E-state index in [1.165, 1.54) is 0 Å². The number of hydrogen-bond donors (Lipinski definition) is 2. The minimum Gasteiger partial charge on any atom is -0.347 e. The summed E-state index contributed by atoms with van der Waals surface area (Å²) in [6, 6.07) is 0. The maximum absolute atomic E-state index is 11.5. The van der Waals surface area contributed by atoms with Crippen LogP contribution in [0.5, 0.6) is 0 Å². The van der Waals surface area contributed by atoms with Crippen molar-refractivity contribution in [1.29, 1.82) is 0 Å². The molecule has 1 saturated heterocycles. The van der Waals surface area contributed by atoms with Crippen LogP contribution in [0.2, 0.25) is 0 Å². The van der Waals surface area contributed by atoms with Crippen LogP contribution in [0.3, 0.4) is 0 Å². The Morgan fingerprint density at radius 2 is 1.93 bits per heavy atom. The van der Waals surface area contributed by atoms with Crippen molar-refractivity contribution >= 4 is 11.8 Å². The van der Waals surface area contributed by atoms with Gasteiger partial charge in [-0.2, -0.15) is 0 Å². The van der Waals surface area contributed by atoms with E-state index in [9.17, 15) is 9.59 Å². The third kappa shape index (κ3) is 4.29. The fourth-order valence-corrected chi connectivity index (χ4v) is 1.60. The molecule has 1 heterocycles. The average Bonchev–Trinajstić information content (AvgIpc) is 2.76. The summed E-state index contributed by atoms with van der Waals surface area (Å²) < 4.78 is 0. The fourth-order valence-electron chi connectivity index (χ4n) is 1.60. The summed E-state index contributed by atoms with van der Waals surface area (Å²) >= 11 is 0. The first-order chi connectivity index (χ1) is 7.24. The molecule has 1 fully saturated rings. The molecule has 0 aromatic carbocycles. The van der Waals surface area contributed by atoms with Crippen LogP contribution in [-0.4, -0.2) is 42.9 Å². The Labute approximate surface area is 90.0 Å². The SMILES string of the molecule is NCCCC(=O)NCC(=O)N1CCCC1. The number of carbonyl (C=O) groups is 2. The van der Waals surface area contributed by atoms with Gasteiger partial charge >= 0.3 is 0 Å². The molecule has 3 N–H and O–H groups in total. The molecular weight excluding hydrogens is 194 g/mol. The van der Waals surface area contributed by atoms with Gasteiger partial charge < -0.3 is 16.0 Å². The summed E-state index contributed by atoms with van der Waals surface area (Å²) in [7, 11) is 0. The van der Waals surface area contributed by atoms with Gasteiger partial charge in [0.25, 0.3) is 0 Å². The van der Waals surface area contributed by atoms with E-state index in [1.54, 1.807) is 4.90 Å². The molecule has 86 valence electrons. The van der Waals surface area contributed by atoms with Gasteiger partial charge in [0.1, 0.15) is 0 Å². The fraction of sp³-hybridized carbons (Fsp3) is 0.800. The van der Waals surface area contributed by atoms with Crippen LogP contribution in [0, 0.1) is 0 Å². The number of nitrogens with zero attached hydrogens (tertiary/aromatic N) is 1. The zero-order valence-corrected chi connectivity index (χ0v) is 9.00. The highest BCUT2D eigenvalue weighted by atomic mass is 16.2. The van der Waals surface area contributed by atoms with Gasteiger partial charge in [0.2, 0.25) is 11.8 Å². The molecule has 1 aliphatic heterocycles. The second kappa shape index (κ2) is 6.40. The molecular formula is C10H19N3O2. The molecule has 2 amide bonds. The van der Waals surface area contributed by atoms with Crippen LogP contribution < -0.4 is 11.1 Å². The lowest BCUT2D eigenvalue weighted by Gasteiger charge is -2.15. The third-order valence-electron chi connectivity index (χ3n) is 2.50. The first-order valence-corrected chi connectivity index (χ1v) is 5.48. The molecule has 0 spiro atoms. The van der Waals surface area contributed by atoms with Gasteiger partial charge in [0, 0.05) is 19.5 Å². The zero-order valence-electron chi connectivity index (χ0n) is 9.00. The molecule has 1 aliphatic rings. The molecule has 0 aliphatic carbocycles. The molecule has 5 heteroatoms. The quantitative estimate of drug-likeness (QED) is 0.644. The largest absolute Gasteiger partial charge is 0.347 e. The second-order valence-corrected chi connectivity index (χ2v) is 3.76. The highest BCUT2D eigenvalue weighted by Crippen LogP contribution is 2.06. The van der Waals surface area contributed by atoms with Crippen molar-refractivity contribution in [3.8, 4) is 0 Å². The van der Waals surface area contributed by atoms with Crippen molar-refractivity contribution in [2.45, 2.75) is 25.7 Å². The summed E-state index contributed by atoms with van der Waals surface area (Å²) in [4.78, 5) is 24.5. The van der Waals surface area contributed by atoms with Crippen molar-refractivity contribution in [3.63, 3.8) is 0 Å². The maximum Gasteiger partial charge on any atom is 0.241 e. The van der Waals surface area contributed by atoms with Crippen LogP contribution in [0.4, 0.5) is 0 Å². The molecule has 0 aromatic heterocycles. The number of rotatable bonds is 5. The van der Waals surface area contributed by atoms with Crippen molar-refractivity contribution in [2.24, 2.45) is 5.73 Å². The van der Waals surface area contributed by atoms with E-state index in [0.717, 1.165) is 25.9 Å². The monoisotopic (exact) mass is 213 g/mol. The van der Waals surface area contributed by atoms with Crippen molar-refractivity contribution in [2.75, 3.05) is 26.2 Å². The van der Waals surface area contributed by atoms with Crippen LogP contribution in [0.15, 0.2) is 0 Å². The lowest BCUT2D eigenvalue weighted by Crippen LogP contribution is -2.38. The maximum atomic E-state index is 11.5. The van der Waals surface area contributed by atoms with Gasteiger partial charge in [-0.3, -0.25) is 9.59 Å². The molecule has 1 rings (SSSR count). The number of carbonyl (C=O) groups excluding carboxylic acids is 2. The number of likely N-dealkylation sites (tertiary alicyclic amines) is 1. The highest BCUT2D eigenvalue weighted by molar-refractivity contribution is 5.84. The first-order valence-electron chi connectivity index (χ1n) is 5.48. The Bertz CT molecular complexity index is 225. The molecule has 0 aromatic rings.